The molecule has 0 aromatic carbocycles. The molecule has 3 heterocycles. The third-order valence-electron chi connectivity index (χ3n) is 4.62. The van der Waals surface area contributed by atoms with Gasteiger partial charge in [0.25, 0.3) is 0 Å². The Morgan fingerprint density at radius 3 is 3.19 bits per heavy atom. The minimum atomic E-state index is 0.0344. The monoisotopic (exact) mass is 298 g/mol. The molecule has 2 aromatic rings. The lowest BCUT2D eigenvalue weighted by atomic mass is 9.77. The molecule has 4 rings (SSSR count). The van der Waals surface area contributed by atoms with E-state index < -0.39 is 0 Å². The summed E-state index contributed by atoms with van der Waals surface area (Å²) in [5, 5.41) is 1.09. The highest BCUT2D eigenvalue weighted by Gasteiger charge is 2.34. The first kappa shape index (κ1) is 13.1. The van der Waals surface area contributed by atoms with Gasteiger partial charge in [-0.2, -0.15) is 0 Å². The minimum absolute atomic E-state index is 0.0344. The highest BCUT2D eigenvalue weighted by atomic mass is 32.1. The van der Waals surface area contributed by atoms with E-state index in [9.17, 15) is 0 Å². The molecule has 1 aliphatic carbocycles. The van der Waals surface area contributed by atoms with Gasteiger partial charge in [0.15, 0.2) is 0 Å². The standard InChI is InChI=1S/C16H18N4S/c1-16(9-17)5-2-3-13-14(16)20-15(21-13)10-4-6-19-12-8-18-7-11(10)12/h4,6-7H,2-3,5,8-9,17H2,1H3. The van der Waals surface area contributed by atoms with Crippen molar-refractivity contribution >= 4 is 17.6 Å². The van der Waals surface area contributed by atoms with E-state index in [0.29, 0.717) is 13.1 Å². The van der Waals surface area contributed by atoms with Crippen LogP contribution < -0.4 is 5.73 Å². The highest BCUT2D eigenvalue weighted by Crippen LogP contribution is 2.42. The van der Waals surface area contributed by atoms with E-state index in [1.165, 1.54) is 22.6 Å². The van der Waals surface area contributed by atoms with Crippen molar-refractivity contribution in [2.75, 3.05) is 6.54 Å². The first-order valence-corrected chi connectivity index (χ1v) is 8.21. The van der Waals surface area contributed by atoms with Crippen LogP contribution in [0.3, 0.4) is 0 Å². The summed E-state index contributed by atoms with van der Waals surface area (Å²) < 4.78 is 0. The molecule has 2 aromatic heterocycles. The number of aromatic nitrogens is 2. The summed E-state index contributed by atoms with van der Waals surface area (Å²) in [4.78, 5) is 15.1. The molecular weight excluding hydrogens is 280 g/mol. The molecule has 21 heavy (non-hydrogen) atoms. The molecule has 5 heteroatoms. The number of hydrogen-bond acceptors (Lipinski definition) is 5. The van der Waals surface area contributed by atoms with Crippen molar-refractivity contribution in [2.45, 2.75) is 38.1 Å². The van der Waals surface area contributed by atoms with Crippen LogP contribution in [0.15, 0.2) is 17.3 Å². The largest absolute Gasteiger partial charge is 0.330 e. The number of aryl methyl sites for hydroxylation is 1. The van der Waals surface area contributed by atoms with E-state index in [1.807, 2.05) is 23.7 Å². The first-order chi connectivity index (χ1) is 10.2. The van der Waals surface area contributed by atoms with Gasteiger partial charge in [0.2, 0.25) is 0 Å². The number of hydrogen-bond donors (Lipinski definition) is 1. The SMILES string of the molecule is CC1(CN)CCCc2sc(-c3ccnc4c3C=NC4)nc21. The fourth-order valence-corrected chi connectivity index (χ4v) is 4.55. The van der Waals surface area contributed by atoms with Gasteiger partial charge in [-0.15, -0.1) is 11.3 Å². The van der Waals surface area contributed by atoms with Gasteiger partial charge < -0.3 is 5.73 Å². The minimum Gasteiger partial charge on any atom is -0.330 e. The van der Waals surface area contributed by atoms with Gasteiger partial charge in [0.1, 0.15) is 5.01 Å². The zero-order valence-corrected chi connectivity index (χ0v) is 12.9. The summed E-state index contributed by atoms with van der Waals surface area (Å²) in [5.74, 6) is 0. The van der Waals surface area contributed by atoms with Crippen molar-refractivity contribution in [1.82, 2.24) is 9.97 Å². The van der Waals surface area contributed by atoms with Crippen LogP contribution >= 0.6 is 11.3 Å². The van der Waals surface area contributed by atoms with Crippen molar-refractivity contribution in [1.29, 1.82) is 0 Å². The summed E-state index contributed by atoms with van der Waals surface area (Å²) in [6.45, 7) is 3.60. The summed E-state index contributed by atoms with van der Waals surface area (Å²) in [5.41, 5.74) is 10.6. The summed E-state index contributed by atoms with van der Waals surface area (Å²) >= 11 is 1.82. The molecule has 1 aliphatic heterocycles. The molecule has 1 unspecified atom stereocenters. The number of nitrogens with zero attached hydrogens (tertiary/aromatic N) is 3. The van der Waals surface area contributed by atoms with Crippen LogP contribution in [0.5, 0.6) is 0 Å². The number of rotatable bonds is 2. The highest BCUT2D eigenvalue weighted by molar-refractivity contribution is 7.15. The first-order valence-electron chi connectivity index (χ1n) is 7.39. The Morgan fingerprint density at radius 2 is 2.33 bits per heavy atom. The quantitative estimate of drug-likeness (QED) is 0.927. The van der Waals surface area contributed by atoms with Gasteiger partial charge in [0, 0.05) is 40.4 Å². The van der Waals surface area contributed by atoms with Crippen molar-refractivity contribution in [2.24, 2.45) is 10.7 Å². The predicted molar refractivity (Wildman–Crippen MR) is 86.0 cm³/mol. The Balaban J connectivity index is 1.86. The van der Waals surface area contributed by atoms with Crippen LogP contribution in [0.2, 0.25) is 0 Å². The van der Waals surface area contributed by atoms with Crippen LogP contribution in [0, 0.1) is 0 Å². The maximum absolute atomic E-state index is 6.02. The zero-order chi connectivity index (χ0) is 14.4. The molecule has 2 N–H and O–H groups in total. The second kappa shape index (κ2) is 4.71. The van der Waals surface area contributed by atoms with Crippen molar-refractivity contribution < 1.29 is 0 Å². The maximum Gasteiger partial charge on any atom is 0.124 e. The van der Waals surface area contributed by atoms with Crippen LogP contribution in [0.1, 0.15) is 41.6 Å². The number of fused-ring (bicyclic) bond motifs is 2. The fourth-order valence-electron chi connectivity index (χ4n) is 3.26. The Labute approximate surface area is 128 Å². The lowest BCUT2D eigenvalue weighted by Crippen LogP contribution is -2.35. The molecule has 1 atom stereocenters. The smallest absolute Gasteiger partial charge is 0.124 e. The summed E-state index contributed by atoms with van der Waals surface area (Å²) in [6, 6.07) is 2.06. The van der Waals surface area contributed by atoms with E-state index in [0.717, 1.165) is 29.1 Å². The van der Waals surface area contributed by atoms with Gasteiger partial charge >= 0.3 is 0 Å². The van der Waals surface area contributed by atoms with Gasteiger partial charge in [-0.05, 0) is 25.3 Å². The summed E-state index contributed by atoms with van der Waals surface area (Å²) in [6.07, 6.45) is 7.27. The third kappa shape index (κ3) is 1.95. The Bertz CT molecular complexity index is 734. The normalized spacial score (nSPS) is 23.1. The van der Waals surface area contributed by atoms with Crippen LogP contribution in [0.25, 0.3) is 10.6 Å². The van der Waals surface area contributed by atoms with Crippen molar-refractivity contribution in [3.8, 4) is 10.6 Å². The molecule has 4 nitrogen and oxygen atoms in total. The Hall–Kier alpha value is -1.59. The average Bonchev–Trinajstić information content (AvgIpc) is 3.14. The van der Waals surface area contributed by atoms with E-state index in [2.05, 4.69) is 23.0 Å². The molecule has 0 spiro atoms. The maximum atomic E-state index is 6.02. The fraction of sp³-hybridized carbons (Fsp3) is 0.438. The topological polar surface area (TPSA) is 64.2 Å². The molecule has 0 radical (unpaired) electrons. The zero-order valence-electron chi connectivity index (χ0n) is 12.1. The van der Waals surface area contributed by atoms with Gasteiger partial charge in [-0.25, -0.2) is 4.98 Å². The molecule has 0 fully saturated rings. The third-order valence-corrected chi connectivity index (χ3v) is 5.76. The van der Waals surface area contributed by atoms with E-state index in [4.69, 9.17) is 10.7 Å². The number of pyridine rings is 1. The second-order valence-electron chi connectivity index (χ2n) is 6.10. The Kier molecular flexibility index (Phi) is 2.94. The molecular formula is C16H18N4S. The molecule has 2 aliphatic rings. The van der Waals surface area contributed by atoms with Crippen LogP contribution in [-0.2, 0) is 18.4 Å². The number of aliphatic imine (C=N–C) groups is 1. The molecule has 108 valence electrons. The van der Waals surface area contributed by atoms with E-state index in [-0.39, 0.29) is 5.41 Å². The predicted octanol–water partition coefficient (Wildman–Crippen LogP) is 2.69. The van der Waals surface area contributed by atoms with Crippen molar-refractivity contribution in [3.63, 3.8) is 0 Å². The lowest BCUT2D eigenvalue weighted by Gasteiger charge is -2.31. The number of nitrogens with two attached hydrogens (primary N) is 1. The van der Waals surface area contributed by atoms with Crippen molar-refractivity contribution in [3.05, 3.63) is 34.1 Å². The average molecular weight is 298 g/mol. The number of thiazole rings is 1. The summed E-state index contributed by atoms with van der Waals surface area (Å²) in [7, 11) is 0. The van der Waals surface area contributed by atoms with Gasteiger partial charge in [0.05, 0.1) is 17.9 Å². The molecule has 0 amide bonds. The lowest BCUT2D eigenvalue weighted by molar-refractivity contribution is 0.397. The van der Waals surface area contributed by atoms with E-state index >= 15 is 0 Å². The molecule has 0 saturated heterocycles. The Morgan fingerprint density at radius 1 is 1.43 bits per heavy atom. The van der Waals surface area contributed by atoms with Crippen LogP contribution in [-0.4, -0.2) is 22.7 Å². The van der Waals surface area contributed by atoms with Gasteiger partial charge in [-0.1, -0.05) is 6.92 Å². The molecule has 0 bridgehead atoms. The van der Waals surface area contributed by atoms with E-state index in [1.54, 1.807) is 0 Å². The van der Waals surface area contributed by atoms with Crippen LogP contribution in [0.4, 0.5) is 0 Å². The van der Waals surface area contributed by atoms with Gasteiger partial charge in [-0.3, -0.25) is 9.98 Å². The molecule has 0 saturated carbocycles. The second-order valence-corrected chi connectivity index (χ2v) is 7.18.